The molecule has 1 saturated carbocycles. The van der Waals surface area contributed by atoms with Crippen LogP contribution in [0.5, 0.6) is 5.88 Å². The van der Waals surface area contributed by atoms with Crippen LogP contribution in [0.4, 0.5) is 5.69 Å². The van der Waals surface area contributed by atoms with E-state index in [2.05, 4.69) is 20.6 Å². The molecule has 2 aromatic heterocycles. The maximum Gasteiger partial charge on any atom is 0.263 e. The molecule has 3 aromatic rings. The smallest absolute Gasteiger partial charge is 0.263 e. The van der Waals surface area contributed by atoms with Crippen molar-refractivity contribution in [3.05, 3.63) is 59.2 Å². The third-order valence-electron chi connectivity index (χ3n) is 5.42. The van der Waals surface area contributed by atoms with E-state index in [9.17, 15) is 9.59 Å². The Hall–Kier alpha value is -3.26. The Morgan fingerprint density at radius 1 is 1.19 bits per heavy atom. The summed E-state index contributed by atoms with van der Waals surface area (Å²) in [6.07, 6.45) is 5.43. The minimum absolute atomic E-state index is 0.253. The summed E-state index contributed by atoms with van der Waals surface area (Å²) in [5.74, 6) is 0.596. The molecule has 0 saturated heterocycles. The molecule has 1 aliphatic carbocycles. The number of methoxy groups -OCH3 is 1. The SMILES string of the molecule is COc1ccc(NC(=O)C(CCC2CC2)NC(=O)c2sc(-c3ccccc3)nc2C)cn1. The van der Waals surface area contributed by atoms with Crippen molar-refractivity contribution in [2.24, 2.45) is 5.92 Å². The van der Waals surface area contributed by atoms with Gasteiger partial charge in [0.2, 0.25) is 11.8 Å². The number of nitrogens with one attached hydrogen (secondary N) is 2. The van der Waals surface area contributed by atoms with Gasteiger partial charge in [-0.15, -0.1) is 11.3 Å². The maximum absolute atomic E-state index is 13.1. The number of aromatic nitrogens is 2. The number of hydrogen-bond donors (Lipinski definition) is 2. The fourth-order valence-electron chi connectivity index (χ4n) is 3.42. The van der Waals surface area contributed by atoms with Gasteiger partial charge in [0.1, 0.15) is 15.9 Å². The zero-order valence-electron chi connectivity index (χ0n) is 18.1. The third-order valence-corrected chi connectivity index (χ3v) is 6.62. The molecular formula is C24H26N4O3S. The van der Waals surface area contributed by atoms with Crippen molar-refractivity contribution in [1.82, 2.24) is 15.3 Å². The lowest BCUT2D eigenvalue weighted by Gasteiger charge is -2.18. The molecule has 0 bridgehead atoms. The zero-order valence-corrected chi connectivity index (χ0v) is 18.9. The summed E-state index contributed by atoms with van der Waals surface area (Å²) in [7, 11) is 1.54. The summed E-state index contributed by atoms with van der Waals surface area (Å²) in [4.78, 5) is 35.3. The standard InChI is InChI=1S/C24H26N4O3S/c1-15-21(32-24(26-15)17-6-4-3-5-7-17)23(30)28-19(12-10-16-8-9-16)22(29)27-18-11-13-20(31-2)25-14-18/h3-7,11,13-14,16,19H,8-10,12H2,1-2H3,(H,27,29)(H,28,30). The van der Waals surface area contributed by atoms with Crippen LogP contribution in [0.25, 0.3) is 10.6 Å². The second-order valence-electron chi connectivity index (χ2n) is 7.92. The molecule has 1 aromatic carbocycles. The monoisotopic (exact) mass is 450 g/mol. The fourth-order valence-corrected chi connectivity index (χ4v) is 4.39. The Morgan fingerprint density at radius 2 is 1.97 bits per heavy atom. The molecule has 166 valence electrons. The summed E-state index contributed by atoms with van der Waals surface area (Å²) in [5, 5.41) is 6.58. The molecule has 2 N–H and O–H groups in total. The minimum Gasteiger partial charge on any atom is -0.481 e. The number of anilines is 1. The van der Waals surface area contributed by atoms with Crippen LogP contribution in [-0.2, 0) is 4.79 Å². The lowest BCUT2D eigenvalue weighted by molar-refractivity contribution is -0.118. The summed E-state index contributed by atoms with van der Waals surface area (Å²) >= 11 is 1.34. The summed E-state index contributed by atoms with van der Waals surface area (Å²) < 4.78 is 5.05. The molecular weight excluding hydrogens is 424 g/mol. The quantitative estimate of drug-likeness (QED) is 0.502. The number of carbonyl (C=O) groups is 2. The molecule has 2 heterocycles. The average molecular weight is 451 g/mol. The largest absolute Gasteiger partial charge is 0.481 e. The molecule has 7 nitrogen and oxygen atoms in total. The first-order valence-corrected chi connectivity index (χ1v) is 11.5. The van der Waals surface area contributed by atoms with Crippen LogP contribution in [-0.4, -0.2) is 34.9 Å². The highest BCUT2D eigenvalue weighted by Crippen LogP contribution is 2.34. The first-order valence-electron chi connectivity index (χ1n) is 10.7. The highest BCUT2D eigenvalue weighted by atomic mass is 32.1. The van der Waals surface area contributed by atoms with Crippen molar-refractivity contribution in [3.8, 4) is 16.5 Å². The molecule has 1 atom stereocenters. The number of carbonyl (C=O) groups excluding carboxylic acids is 2. The van der Waals surface area contributed by atoms with Crippen molar-refractivity contribution >= 4 is 28.8 Å². The molecule has 0 spiro atoms. The van der Waals surface area contributed by atoms with Crippen LogP contribution in [0.2, 0.25) is 0 Å². The fraction of sp³-hybridized carbons (Fsp3) is 0.333. The predicted molar refractivity (Wildman–Crippen MR) is 125 cm³/mol. The second kappa shape index (κ2) is 9.91. The van der Waals surface area contributed by atoms with Gasteiger partial charge in [-0.1, -0.05) is 43.2 Å². The van der Waals surface area contributed by atoms with Gasteiger partial charge in [0.15, 0.2) is 0 Å². The van der Waals surface area contributed by atoms with Gasteiger partial charge in [0.25, 0.3) is 5.91 Å². The van der Waals surface area contributed by atoms with Gasteiger partial charge in [0, 0.05) is 11.6 Å². The molecule has 2 amide bonds. The van der Waals surface area contributed by atoms with E-state index in [0.29, 0.717) is 34.5 Å². The number of rotatable bonds is 9. The molecule has 1 fully saturated rings. The Labute approximate surface area is 191 Å². The van der Waals surface area contributed by atoms with Gasteiger partial charge in [0.05, 0.1) is 24.7 Å². The lowest BCUT2D eigenvalue weighted by Crippen LogP contribution is -2.43. The van der Waals surface area contributed by atoms with Gasteiger partial charge >= 0.3 is 0 Å². The molecule has 8 heteroatoms. The van der Waals surface area contributed by atoms with Gasteiger partial charge < -0.3 is 15.4 Å². The van der Waals surface area contributed by atoms with Crippen LogP contribution < -0.4 is 15.4 Å². The van der Waals surface area contributed by atoms with Crippen LogP contribution in [0, 0.1) is 12.8 Å². The lowest BCUT2D eigenvalue weighted by atomic mass is 10.1. The maximum atomic E-state index is 13.1. The Balaban J connectivity index is 1.47. The van der Waals surface area contributed by atoms with E-state index < -0.39 is 6.04 Å². The van der Waals surface area contributed by atoms with E-state index in [1.165, 1.54) is 37.5 Å². The first-order chi connectivity index (χ1) is 15.5. The molecule has 0 radical (unpaired) electrons. The Bertz CT molecular complexity index is 1080. The minimum atomic E-state index is -0.633. The van der Waals surface area contributed by atoms with Crippen LogP contribution in [0.15, 0.2) is 48.7 Å². The van der Waals surface area contributed by atoms with Crippen molar-refractivity contribution in [3.63, 3.8) is 0 Å². The number of ether oxygens (including phenoxy) is 1. The normalized spacial score (nSPS) is 13.9. The van der Waals surface area contributed by atoms with Crippen LogP contribution >= 0.6 is 11.3 Å². The van der Waals surface area contributed by atoms with Gasteiger partial charge in [-0.05, 0) is 31.7 Å². The van der Waals surface area contributed by atoms with E-state index in [1.807, 2.05) is 37.3 Å². The number of benzene rings is 1. The molecule has 1 unspecified atom stereocenters. The Morgan fingerprint density at radius 3 is 2.62 bits per heavy atom. The molecule has 4 rings (SSSR count). The van der Waals surface area contributed by atoms with E-state index in [0.717, 1.165) is 17.0 Å². The number of aryl methyl sites for hydroxylation is 1. The molecule has 1 aliphatic rings. The van der Waals surface area contributed by atoms with Crippen molar-refractivity contribution in [2.45, 2.75) is 38.6 Å². The Kier molecular flexibility index (Phi) is 6.80. The zero-order chi connectivity index (χ0) is 22.5. The summed E-state index contributed by atoms with van der Waals surface area (Å²) in [6, 6.07) is 12.5. The third kappa shape index (κ3) is 5.50. The van der Waals surface area contributed by atoms with E-state index >= 15 is 0 Å². The first kappa shape index (κ1) is 22.0. The number of thiazole rings is 1. The highest BCUT2D eigenvalue weighted by molar-refractivity contribution is 7.17. The van der Waals surface area contributed by atoms with Gasteiger partial charge in [-0.2, -0.15) is 0 Å². The number of nitrogens with zero attached hydrogens (tertiary/aromatic N) is 2. The topological polar surface area (TPSA) is 93.2 Å². The van der Waals surface area contributed by atoms with Gasteiger partial charge in [-0.3, -0.25) is 9.59 Å². The predicted octanol–water partition coefficient (Wildman–Crippen LogP) is 4.45. The number of hydrogen-bond acceptors (Lipinski definition) is 6. The summed E-state index contributed by atoms with van der Waals surface area (Å²) in [5.41, 5.74) is 2.18. The second-order valence-corrected chi connectivity index (χ2v) is 8.92. The van der Waals surface area contributed by atoms with Crippen LogP contribution in [0.1, 0.15) is 41.0 Å². The number of amides is 2. The average Bonchev–Trinajstić information content (AvgIpc) is 3.56. The van der Waals surface area contributed by atoms with Crippen molar-refractivity contribution in [1.29, 1.82) is 0 Å². The molecule has 0 aliphatic heterocycles. The van der Waals surface area contributed by atoms with Gasteiger partial charge in [-0.25, -0.2) is 9.97 Å². The van der Waals surface area contributed by atoms with Crippen molar-refractivity contribution < 1.29 is 14.3 Å². The molecule has 32 heavy (non-hydrogen) atoms. The van der Waals surface area contributed by atoms with E-state index in [4.69, 9.17) is 4.74 Å². The number of pyridine rings is 1. The van der Waals surface area contributed by atoms with Crippen molar-refractivity contribution in [2.75, 3.05) is 12.4 Å². The summed E-state index contributed by atoms with van der Waals surface area (Å²) in [6.45, 7) is 1.82. The van der Waals surface area contributed by atoms with E-state index in [-0.39, 0.29) is 11.8 Å². The van der Waals surface area contributed by atoms with Crippen LogP contribution in [0.3, 0.4) is 0 Å². The van der Waals surface area contributed by atoms with E-state index in [1.54, 1.807) is 12.1 Å². The highest BCUT2D eigenvalue weighted by Gasteiger charge is 2.28.